The van der Waals surface area contributed by atoms with Crippen LogP contribution in [0.25, 0.3) is 0 Å². The van der Waals surface area contributed by atoms with Gasteiger partial charge in [0.25, 0.3) is 0 Å². The molecule has 1 aliphatic rings. The van der Waals surface area contributed by atoms with Crippen molar-refractivity contribution in [3.05, 3.63) is 46.1 Å². The van der Waals surface area contributed by atoms with Gasteiger partial charge in [-0.1, -0.05) is 51.2 Å². The van der Waals surface area contributed by atoms with Crippen LogP contribution in [0, 0.1) is 5.82 Å². The Morgan fingerprint density at radius 3 is 2.24 bits per heavy atom. The molecule has 14 heteroatoms. The average Bonchev–Trinajstić information content (AvgIpc) is 3.35. The molecule has 42 heavy (non-hydrogen) atoms. The molecule has 1 saturated heterocycles. The lowest BCUT2D eigenvalue weighted by molar-refractivity contribution is -0.304. The number of aromatic nitrogens is 4. The SMILES string of the molecule is CC[C@@H](O)[C@@H](O)[C@H](COC1OC(CO)C(O)C(O)C1O)n1nnn(CCCCCCCCCc2ccc(F)cc2)c1=O. The van der Waals surface area contributed by atoms with E-state index in [1.54, 1.807) is 6.92 Å². The molecule has 3 rings (SSSR count). The van der Waals surface area contributed by atoms with Gasteiger partial charge in [-0.2, -0.15) is 9.36 Å². The van der Waals surface area contributed by atoms with Gasteiger partial charge in [-0.15, -0.1) is 0 Å². The van der Waals surface area contributed by atoms with Gasteiger partial charge in [-0.3, -0.25) is 0 Å². The second-order valence-corrected chi connectivity index (χ2v) is 10.8. The zero-order valence-corrected chi connectivity index (χ0v) is 24.0. The van der Waals surface area contributed by atoms with Crippen molar-refractivity contribution in [1.29, 1.82) is 0 Å². The first-order chi connectivity index (χ1) is 20.2. The fourth-order valence-corrected chi connectivity index (χ4v) is 4.97. The minimum atomic E-state index is -1.67. The van der Waals surface area contributed by atoms with Gasteiger partial charge in [0.05, 0.1) is 19.3 Å². The molecule has 8 atom stereocenters. The van der Waals surface area contributed by atoms with E-state index in [0.717, 1.165) is 55.2 Å². The van der Waals surface area contributed by atoms with E-state index in [-0.39, 0.29) is 12.2 Å². The Morgan fingerprint density at radius 1 is 0.952 bits per heavy atom. The molecular weight excluding hydrogens is 555 g/mol. The summed E-state index contributed by atoms with van der Waals surface area (Å²) in [6, 6.07) is 5.39. The Balaban J connectivity index is 1.47. The lowest BCUT2D eigenvalue weighted by atomic mass is 9.99. The van der Waals surface area contributed by atoms with E-state index in [1.807, 2.05) is 12.1 Å². The predicted octanol–water partition coefficient (Wildman–Crippen LogP) is 0.0417. The Hall–Kier alpha value is -2.30. The van der Waals surface area contributed by atoms with Crippen molar-refractivity contribution < 1.29 is 44.5 Å². The summed E-state index contributed by atoms with van der Waals surface area (Å²) in [6.45, 7) is 0.863. The molecule has 0 radical (unpaired) electrons. The molecule has 1 aromatic carbocycles. The van der Waals surface area contributed by atoms with Gasteiger partial charge in [-0.05, 0) is 53.8 Å². The molecule has 0 aliphatic carbocycles. The first kappa shape index (κ1) is 34.2. The second kappa shape index (κ2) is 17.1. The van der Waals surface area contributed by atoms with Crippen LogP contribution in [0.2, 0.25) is 0 Å². The summed E-state index contributed by atoms with van der Waals surface area (Å²) < 4.78 is 26.0. The fraction of sp³-hybridized carbons (Fsp3) is 0.750. The maximum absolute atomic E-state index is 13.1. The maximum atomic E-state index is 13.1. The topological polar surface area (TPSA) is 193 Å². The Bertz CT molecular complexity index is 1100. The zero-order chi connectivity index (χ0) is 30.6. The number of ether oxygens (including phenoxy) is 2. The summed E-state index contributed by atoms with van der Waals surface area (Å²) in [6.07, 6.45) is -2.31. The van der Waals surface area contributed by atoms with E-state index in [4.69, 9.17) is 9.47 Å². The number of unbranched alkanes of at least 4 members (excludes halogenated alkanes) is 6. The van der Waals surface area contributed by atoms with Crippen LogP contribution in [0.3, 0.4) is 0 Å². The Kier molecular flexibility index (Phi) is 13.9. The van der Waals surface area contributed by atoms with E-state index >= 15 is 0 Å². The number of rotatable bonds is 18. The van der Waals surface area contributed by atoms with Crippen LogP contribution in [-0.4, -0.2) is 107 Å². The number of halogens is 1. The van der Waals surface area contributed by atoms with Crippen molar-refractivity contribution in [2.24, 2.45) is 0 Å². The highest BCUT2D eigenvalue weighted by Crippen LogP contribution is 2.24. The molecule has 2 heterocycles. The number of hydrogen-bond donors (Lipinski definition) is 6. The van der Waals surface area contributed by atoms with Crippen LogP contribution < -0.4 is 5.69 Å². The predicted molar refractivity (Wildman–Crippen MR) is 148 cm³/mol. The van der Waals surface area contributed by atoms with Gasteiger partial charge in [0.15, 0.2) is 6.29 Å². The van der Waals surface area contributed by atoms with Crippen molar-refractivity contribution in [1.82, 2.24) is 19.8 Å². The molecule has 1 fully saturated rings. The summed E-state index contributed by atoms with van der Waals surface area (Å²) in [5, 5.41) is 68.4. The van der Waals surface area contributed by atoms with E-state index in [9.17, 15) is 39.8 Å². The zero-order valence-electron chi connectivity index (χ0n) is 24.0. The van der Waals surface area contributed by atoms with Gasteiger partial charge < -0.3 is 40.1 Å². The van der Waals surface area contributed by atoms with Crippen LogP contribution in [0.5, 0.6) is 0 Å². The van der Waals surface area contributed by atoms with Crippen molar-refractivity contribution in [2.75, 3.05) is 13.2 Å². The van der Waals surface area contributed by atoms with E-state index < -0.39 is 67.9 Å². The largest absolute Gasteiger partial charge is 0.394 e. The Labute approximate surface area is 244 Å². The lowest BCUT2D eigenvalue weighted by Gasteiger charge is -2.40. The first-order valence-corrected chi connectivity index (χ1v) is 14.7. The monoisotopic (exact) mass is 600 g/mol. The summed E-state index contributed by atoms with van der Waals surface area (Å²) in [5.74, 6) is -0.225. The van der Waals surface area contributed by atoms with Crippen LogP contribution in [0.1, 0.15) is 69.9 Å². The third kappa shape index (κ3) is 9.35. The highest BCUT2D eigenvalue weighted by molar-refractivity contribution is 5.15. The summed E-state index contributed by atoms with van der Waals surface area (Å²) in [7, 11) is 0. The van der Waals surface area contributed by atoms with Gasteiger partial charge >= 0.3 is 5.69 Å². The molecule has 13 nitrogen and oxygen atoms in total. The van der Waals surface area contributed by atoms with Gasteiger partial charge in [0.1, 0.15) is 42.4 Å². The van der Waals surface area contributed by atoms with E-state index in [0.29, 0.717) is 13.0 Å². The molecule has 6 N–H and O–H groups in total. The van der Waals surface area contributed by atoms with Crippen LogP contribution in [-0.2, 0) is 22.4 Å². The molecule has 1 aromatic heterocycles. The summed E-state index contributed by atoms with van der Waals surface area (Å²) in [5.41, 5.74) is 0.523. The van der Waals surface area contributed by atoms with Gasteiger partial charge in [0.2, 0.25) is 0 Å². The normalized spacial score (nSPS) is 24.9. The third-order valence-corrected chi connectivity index (χ3v) is 7.71. The van der Waals surface area contributed by atoms with Crippen molar-refractivity contribution in [2.45, 2.75) is 120 Å². The smallest absolute Gasteiger partial charge is 0.364 e. The number of benzene rings is 1. The van der Waals surface area contributed by atoms with Crippen LogP contribution in [0.4, 0.5) is 4.39 Å². The Morgan fingerprint density at radius 2 is 1.60 bits per heavy atom. The molecule has 0 spiro atoms. The number of tetrazole rings is 1. The van der Waals surface area contributed by atoms with E-state index in [1.165, 1.54) is 16.8 Å². The molecule has 1 aliphatic heterocycles. The molecule has 238 valence electrons. The molecular formula is C28H45FN4O9. The average molecular weight is 601 g/mol. The fourth-order valence-electron chi connectivity index (χ4n) is 4.97. The number of aryl methyl sites for hydroxylation is 2. The molecule has 0 amide bonds. The number of hydrogen-bond acceptors (Lipinski definition) is 11. The highest BCUT2D eigenvalue weighted by atomic mass is 19.1. The molecule has 5 unspecified atom stereocenters. The van der Waals surface area contributed by atoms with Gasteiger partial charge in [-0.25, -0.2) is 9.18 Å². The summed E-state index contributed by atoms with van der Waals surface area (Å²) in [4.78, 5) is 13.1. The van der Waals surface area contributed by atoms with Gasteiger partial charge in [0, 0.05) is 6.54 Å². The maximum Gasteiger partial charge on any atom is 0.364 e. The molecule has 0 saturated carbocycles. The van der Waals surface area contributed by atoms with Crippen molar-refractivity contribution in [3.63, 3.8) is 0 Å². The van der Waals surface area contributed by atoms with Crippen molar-refractivity contribution in [3.8, 4) is 0 Å². The minimum Gasteiger partial charge on any atom is -0.394 e. The minimum absolute atomic E-state index is 0.173. The number of aliphatic hydroxyl groups excluding tert-OH is 6. The second-order valence-electron chi connectivity index (χ2n) is 10.8. The number of aliphatic hydroxyl groups is 6. The lowest BCUT2D eigenvalue weighted by Crippen LogP contribution is -2.59. The standard InChI is InChI=1S/C28H45FN4O9/c1-2-21(35)23(36)20(17-41-27-26(39)25(38)24(37)22(16-34)42-27)33-28(40)32(30-31-33)15-9-7-5-3-4-6-8-10-18-11-13-19(29)14-12-18/h11-14,20-27,34-39H,2-10,15-17H2,1H3/t20-,21+,22?,23-,24?,25?,26?,27?/m0/s1. The molecule has 2 aromatic rings. The van der Waals surface area contributed by atoms with Crippen LogP contribution >= 0.6 is 0 Å². The molecule has 0 bridgehead atoms. The summed E-state index contributed by atoms with van der Waals surface area (Å²) >= 11 is 0. The quantitative estimate of drug-likeness (QED) is 0.127. The van der Waals surface area contributed by atoms with Crippen LogP contribution in [0.15, 0.2) is 29.1 Å². The van der Waals surface area contributed by atoms with Crippen molar-refractivity contribution >= 4 is 0 Å². The highest BCUT2D eigenvalue weighted by Gasteiger charge is 2.44. The number of nitrogens with zero attached hydrogens (tertiary/aromatic N) is 4. The third-order valence-electron chi connectivity index (χ3n) is 7.71. The first-order valence-electron chi connectivity index (χ1n) is 14.7. The van der Waals surface area contributed by atoms with E-state index in [2.05, 4.69) is 10.4 Å².